The van der Waals surface area contributed by atoms with E-state index in [1.807, 2.05) is 24.3 Å². The molecule has 0 saturated heterocycles. The monoisotopic (exact) mass is 404 g/mol. The summed E-state index contributed by atoms with van der Waals surface area (Å²) in [5.41, 5.74) is 2.23. The number of nitrogens with one attached hydrogen (secondary N) is 1. The van der Waals surface area contributed by atoms with Crippen LogP contribution in [0.5, 0.6) is 11.5 Å². The summed E-state index contributed by atoms with van der Waals surface area (Å²) in [4.78, 5) is 18.7. The van der Waals surface area contributed by atoms with Gasteiger partial charge in [-0.15, -0.1) is 17.0 Å². The first-order chi connectivity index (χ1) is 11.6. The first kappa shape index (κ1) is 18.5. The third kappa shape index (κ3) is 3.83. The van der Waals surface area contributed by atoms with Crippen molar-refractivity contribution < 1.29 is 19.4 Å². The predicted molar refractivity (Wildman–Crippen MR) is 102 cm³/mol. The highest BCUT2D eigenvalue weighted by Crippen LogP contribution is 2.28. The van der Waals surface area contributed by atoms with Gasteiger partial charge in [0, 0.05) is 0 Å². The van der Waals surface area contributed by atoms with Crippen LogP contribution >= 0.6 is 17.0 Å². The van der Waals surface area contributed by atoms with Gasteiger partial charge in [-0.25, -0.2) is 9.78 Å². The molecule has 0 fully saturated rings. The number of hydrogen-bond acceptors (Lipinski definition) is 4. The molecule has 3 aromatic rings. The van der Waals surface area contributed by atoms with E-state index in [4.69, 9.17) is 9.47 Å². The highest BCUT2D eigenvalue weighted by atomic mass is 79.9. The van der Waals surface area contributed by atoms with Crippen LogP contribution in [-0.2, 0) is 0 Å². The summed E-state index contributed by atoms with van der Waals surface area (Å²) in [7, 11) is 3.17. The maximum atomic E-state index is 11.2. The summed E-state index contributed by atoms with van der Waals surface area (Å²) in [5.74, 6) is 0.884. The van der Waals surface area contributed by atoms with Crippen LogP contribution in [0.15, 0.2) is 36.4 Å². The summed E-state index contributed by atoms with van der Waals surface area (Å²) < 4.78 is 10.5. The van der Waals surface area contributed by atoms with E-state index >= 15 is 0 Å². The quantitative estimate of drug-likeness (QED) is 0.670. The molecule has 1 heterocycles. The van der Waals surface area contributed by atoms with E-state index in [-0.39, 0.29) is 22.5 Å². The Balaban J connectivity index is 0.00000225. The summed E-state index contributed by atoms with van der Waals surface area (Å²) in [5, 5.41) is 9.22. The third-order valence-electron chi connectivity index (χ3n) is 3.61. The van der Waals surface area contributed by atoms with Crippen molar-refractivity contribution in [1.82, 2.24) is 9.97 Å². The van der Waals surface area contributed by atoms with Crippen LogP contribution in [0.1, 0.15) is 21.7 Å². The van der Waals surface area contributed by atoms with Crippen molar-refractivity contribution in [3.63, 3.8) is 0 Å². The molecule has 0 saturated carbocycles. The number of hydrogen-bond donors (Lipinski definition) is 2. The van der Waals surface area contributed by atoms with Crippen LogP contribution in [0.2, 0.25) is 0 Å². The SMILES string of the molecule is Br.COc1ccc(C=Cc2nc3cccc(C(=O)O)c3[nH]2)cc1OC. The smallest absolute Gasteiger partial charge is 0.337 e. The zero-order chi connectivity index (χ0) is 17.1. The standard InChI is InChI=1S/C18H16N2O4.BrH/c1-23-14-8-6-11(10-15(14)24-2)7-9-16-19-13-5-3-4-12(18(21)22)17(13)20-16;/h3-10H,1-2H3,(H,19,20)(H,21,22);1H. The third-order valence-corrected chi connectivity index (χ3v) is 3.61. The van der Waals surface area contributed by atoms with Gasteiger partial charge in [-0.2, -0.15) is 0 Å². The van der Waals surface area contributed by atoms with Crippen LogP contribution in [0.3, 0.4) is 0 Å². The van der Waals surface area contributed by atoms with Crippen LogP contribution in [-0.4, -0.2) is 35.3 Å². The molecule has 7 heteroatoms. The van der Waals surface area contributed by atoms with Gasteiger partial charge in [0.1, 0.15) is 5.82 Å². The molecular weight excluding hydrogens is 388 g/mol. The number of nitrogens with zero attached hydrogens (tertiary/aromatic N) is 1. The highest BCUT2D eigenvalue weighted by Gasteiger charge is 2.11. The molecule has 0 atom stereocenters. The zero-order valence-corrected chi connectivity index (χ0v) is 15.4. The number of carbonyl (C=O) groups is 1. The molecule has 3 rings (SSSR count). The van der Waals surface area contributed by atoms with Gasteiger partial charge < -0.3 is 19.6 Å². The number of carboxylic acid groups (broad SMARTS) is 1. The van der Waals surface area contributed by atoms with Crippen LogP contribution in [0, 0.1) is 0 Å². The van der Waals surface area contributed by atoms with Gasteiger partial charge >= 0.3 is 5.97 Å². The minimum Gasteiger partial charge on any atom is -0.493 e. The Morgan fingerprint density at radius 1 is 1.12 bits per heavy atom. The number of ether oxygens (including phenoxy) is 2. The first-order valence-corrected chi connectivity index (χ1v) is 7.24. The summed E-state index contributed by atoms with van der Waals surface area (Å²) in [6, 6.07) is 10.6. The summed E-state index contributed by atoms with van der Waals surface area (Å²) in [6.07, 6.45) is 3.65. The fourth-order valence-corrected chi connectivity index (χ4v) is 2.44. The van der Waals surface area contributed by atoms with Crippen LogP contribution in [0.4, 0.5) is 0 Å². The van der Waals surface area contributed by atoms with E-state index in [1.165, 1.54) is 0 Å². The second-order valence-corrected chi connectivity index (χ2v) is 5.07. The van der Waals surface area contributed by atoms with Gasteiger partial charge in [0.15, 0.2) is 11.5 Å². The lowest BCUT2D eigenvalue weighted by atomic mass is 10.2. The molecule has 1 aromatic heterocycles. The normalized spacial score (nSPS) is 10.6. The van der Waals surface area contributed by atoms with Crippen molar-refractivity contribution in [3.05, 3.63) is 53.3 Å². The van der Waals surface area contributed by atoms with Gasteiger partial charge in [0.2, 0.25) is 0 Å². The van der Waals surface area contributed by atoms with E-state index < -0.39 is 5.97 Å². The van der Waals surface area contributed by atoms with Gasteiger partial charge in [-0.3, -0.25) is 0 Å². The molecule has 2 N–H and O–H groups in total. The number of carboxylic acids is 1. The van der Waals surface area contributed by atoms with E-state index in [0.717, 1.165) is 5.56 Å². The topological polar surface area (TPSA) is 84.4 Å². The maximum Gasteiger partial charge on any atom is 0.337 e. The molecule has 2 aromatic carbocycles. The maximum absolute atomic E-state index is 11.2. The molecule has 0 spiro atoms. The Kier molecular flexibility index (Phi) is 5.82. The molecule has 0 amide bonds. The van der Waals surface area contributed by atoms with Crippen molar-refractivity contribution in [2.24, 2.45) is 0 Å². The number of benzene rings is 2. The minimum atomic E-state index is -0.986. The van der Waals surface area contributed by atoms with Crippen molar-refractivity contribution in [1.29, 1.82) is 0 Å². The van der Waals surface area contributed by atoms with E-state index in [9.17, 15) is 9.90 Å². The zero-order valence-electron chi connectivity index (χ0n) is 13.6. The number of aromatic carboxylic acids is 1. The second kappa shape index (κ2) is 7.85. The van der Waals surface area contributed by atoms with Gasteiger partial charge in [-0.1, -0.05) is 18.2 Å². The number of halogens is 1. The number of H-pyrrole nitrogens is 1. The number of imidazole rings is 1. The molecule has 0 unspecified atom stereocenters. The van der Waals surface area contributed by atoms with Crippen molar-refractivity contribution in [2.45, 2.75) is 0 Å². The summed E-state index contributed by atoms with van der Waals surface area (Å²) >= 11 is 0. The average Bonchev–Trinajstić information content (AvgIpc) is 3.02. The van der Waals surface area contributed by atoms with Gasteiger partial charge in [0.25, 0.3) is 0 Å². The lowest BCUT2D eigenvalue weighted by Gasteiger charge is -2.07. The van der Waals surface area contributed by atoms with Gasteiger partial charge in [0.05, 0.1) is 30.8 Å². The fourth-order valence-electron chi connectivity index (χ4n) is 2.44. The lowest BCUT2D eigenvalue weighted by Crippen LogP contribution is -1.96. The Hall–Kier alpha value is -2.80. The molecule has 0 radical (unpaired) electrons. The number of aromatic amines is 1. The van der Waals surface area contributed by atoms with E-state index in [2.05, 4.69) is 9.97 Å². The molecule has 130 valence electrons. The lowest BCUT2D eigenvalue weighted by molar-refractivity contribution is 0.0699. The fraction of sp³-hybridized carbons (Fsp3) is 0.111. The number of para-hydroxylation sites is 1. The largest absolute Gasteiger partial charge is 0.493 e. The Morgan fingerprint density at radius 2 is 1.88 bits per heavy atom. The van der Waals surface area contributed by atoms with Crippen molar-refractivity contribution in [3.8, 4) is 11.5 Å². The van der Waals surface area contributed by atoms with Crippen LogP contribution in [0.25, 0.3) is 23.2 Å². The molecule has 0 aliphatic carbocycles. The first-order valence-electron chi connectivity index (χ1n) is 7.24. The number of aromatic nitrogens is 2. The Morgan fingerprint density at radius 3 is 2.56 bits per heavy atom. The van der Waals surface area contributed by atoms with Crippen molar-refractivity contribution >= 4 is 46.1 Å². The molecular formula is C18H17BrN2O4. The Labute approximate surface area is 154 Å². The highest BCUT2D eigenvalue weighted by molar-refractivity contribution is 8.93. The number of fused-ring (bicyclic) bond motifs is 1. The predicted octanol–water partition coefficient (Wildman–Crippen LogP) is 4.03. The van der Waals surface area contributed by atoms with Gasteiger partial charge in [-0.05, 0) is 35.9 Å². The summed E-state index contributed by atoms with van der Waals surface area (Å²) in [6.45, 7) is 0. The van der Waals surface area contributed by atoms with E-state index in [1.54, 1.807) is 38.5 Å². The second-order valence-electron chi connectivity index (χ2n) is 5.07. The Bertz CT molecular complexity index is 934. The van der Waals surface area contributed by atoms with Crippen LogP contribution < -0.4 is 9.47 Å². The van der Waals surface area contributed by atoms with E-state index in [0.29, 0.717) is 28.4 Å². The molecule has 0 aliphatic heterocycles. The van der Waals surface area contributed by atoms with Crippen molar-refractivity contribution in [2.75, 3.05) is 14.2 Å². The number of methoxy groups -OCH3 is 2. The average molecular weight is 405 g/mol. The molecule has 6 nitrogen and oxygen atoms in total. The minimum absolute atomic E-state index is 0. The molecule has 0 bridgehead atoms. The molecule has 0 aliphatic rings. The molecule has 25 heavy (non-hydrogen) atoms. The number of rotatable bonds is 5.